The van der Waals surface area contributed by atoms with E-state index >= 15 is 0 Å². The van der Waals surface area contributed by atoms with Crippen molar-refractivity contribution in [2.45, 2.75) is 38.6 Å². The van der Waals surface area contributed by atoms with Crippen molar-refractivity contribution in [3.8, 4) is 0 Å². The summed E-state index contributed by atoms with van der Waals surface area (Å²) in [5.74, 6) is 1.51. The third-order valence-corrected chi connectivity index (χ3v) is 3.99. The van der Waals surface area contributed by atoms with Gasteiger partial charge in [0.1, 0.15) is 5.82 Å². The van der Waals surface area contributed by atoms with Gasteiger partial charge in [-0.2, -0.15) is 4.98 Å². The number of hydrogen-bond donors (Lipinski definition) is 2. The van der Waals surface area contributed by atoms with Crippen molar-refractivity contribution < 1.29 is 0 Å². The summed E-state index contributed by atoms with van der Waals surface area (Å²) in [7, 11) is 0. The van der Waals surface area contributed by atoms with E-state index in [1.54, 1.807) is 24.2 Å². The van der Waals surface area contributed by atoms with Crippen molar-refractivity contribution in [3.63, 3.8) is 0 Å². The normalized spacial score (nSPS) is 14.2. The summed E-state index contributed by atoms with van der Waals surface area (Å²) in [6, 6.07) is 5.87. The number of rotatable bonds is 7. The lowest BCUT2D eigenvalue weighted by atomic mass is 9.97. The van der Waals surface area contributed by atoms with Gasteiger partial charge in [0.15, 0.2) is 0 Å². The molecule has 0 spiro atoms. The van der Waals surface area contributed by atoms with Crippen LogP contribution >= 0.6 is 0 Å². The predicted molar refractivity (Wildman–Crippen MR) is 93.3 cm³/mol. The molecule has 5 heteroatoms. The number of pyridine rings is 1. The molecule has 1 aliphatic carbocycles. The van der Waals surface area contributed by atoms with Crippen LogP contribution in [0, 0.1) is 0 Å². The molecule has 0 saturated heterocycles. The molecule has 0 aromatic carbocycles. The van der Waals surface area contributed by atoms with Gasteiger partial charge in [-0.15, -0.1) is 0 Å². The highest BCUT2D eigenvalue weighted by molar-refractivity contribution is 5.40. The molecule has 2 N–H and O–H groups in total. The van der Waals surface area contributed by atoms with Crippen molar-refractivity contribution in [3.05, 3.63) is 54.0 Å². The van der Waals surface area contributed by atoms with E-state index in [0.29, 0.717) is 12.5 Å². The van der Waals surface area contributed by atoms with E-state index in [2.05, 4.69) is 31.7 Å². The predicted octanol–water partition coefficient (Wildman–Crippen LogP) is 3.79. The summed E-state index contributed by atoms with van der Waals surface area (Å²) in [5, 5.41) is 6.63. The topological polar surface area (TPSA) is 62.7 Å². The average Bonchev–Trinajstić information content (AvgIpc) is 2.62. The van der Waals surface area contributed by atoms with Crippen LogP contribution < -0.4 is 10.6 Å². The maximum atomic E-state index is 4.50. The summed E-state index contributed by atoms with van der Waals surface area (Å²) in [5.41, 5.74) is 2.74. The molecule has 0 unspecified atom stereocenters. The van der Waals surface area contributed by atoms with Gasteiger partial charge in [0, 0.05) is 31.7 Å². The van der Waals surface area contributed by atoms with Gasteiger partial charge in [-0.05, 0) is 55.9 Å². The van der Waals surface area contributed by atoms with Gasteiger partial charge in [-0.1, -0.05) is 11.6 Å². The zero-order chi connectivity index (χ0) is 15.7. The Morgan fingerprint density at radius 2 is 1.91 bits per heavy atom. The lowest BCUT2D eigenvalue weighted by Gasteiger charge is -2.13. The van der Waals surface area contributed by atoms with Crippen LogP contribution in [0.1, 0.15) is 37.7 Å². The molecule has 120 valence electrons. The van der Waals surface area contributed by atoms with Crippen LogP contribution in [0.4, 0.5) is 11.8 Å². The van der Waals surface area contributed by atoms with Gasteiger partial charge in [0.2, 0.25) is 5.95 Å². The van der Waals surface area contributed by atoms with Crippen molar-refractivity contribution in [1.82, 2.24) is 15.0 Å². The zero-order valence-corrected chi connectivity index (χ0v) is 13.3. The molecule has 2 aromatic rings. The molecule has 0 saturated carbocycles. The number of allylic oxidation sites excluding steroid dienone is 1. The Hall–Kier alpha value is -2.43. The second-order valence-corrected chi connectivity index (χ2v) is 5.76. The Morgan fingerprint density at radius 3 is 2.74 bits per heavy atom. The molecule has 2 aromatic heterocycles. The average molecular weight is 309 g/mol. The van der Waals surface area contributed by atoms with E-state index in [1.165, 1.54) is 25.7 Å². The molecule has 0 amide bonds. The SMILES string of the molecule is C1=C(CCNc2ccnc(NCc3ccncc3)n2)CCCC1. The molecule has 1 aliphatic rings. The monoisotopic (exact) mass is 309 g/mol. The van der Waals surface area contributed by atoms with Crippen molar-refractivity contribution in [2.75, 3.05) is 17.2 Å². The molecular weight excluding hydrogens is 286 g/mol. The lowest BCUT2D eigenvalue weighted by molar-refractivity contribution is 0.679. The number of aromatic nitrogens is 3. The van der Waals surface area contributed by atoms with E-state index in [4.69, 9.17) is 0 Å². The van der Waals surface area contributed by atoms with Gasteiger partial charge in [-0.25, -0.2) is 4.98 Å². The van der Waals surface area contributed by atoms with Crippen LogP contribution in [0.5, 0.6) is 0 Å². The fourth-order valence-electron chi connectivity index (χ4n) is 2.71. The number of nitrogens with one attached hydrogen (secondary N) is 2. The Balaban J connectivity index is 1.48. The molecule has 0 aliphatic heterocycles. The first-order valence-electron chi connectivity index (χ1n) is 8.28. The minimum atomic E-state index is 0.642. The smallest absolute Gasteiger partial charge is 0.224 e. The van der Waals surface area contributed by atoms with Crippen LogP contribution in [0.2, 0.25) is 0 Å². The minimum absolute atomic E-state index is 0.642. The van der Waals surface area contributed by atoms with Crippen LogP contribution in [-0.2, 0) is 6.54 Å². The molecule has 23 heavy (non-hydrogen) atoms. The Labute approximate surface area is 137 Å². The third-order valence-electron chi connectivity index (χ3n) is 3.99. The minimum Gasteiger partial charge on any atom is -0.370 e. The molecular formula is C18H23N5. The lowest BCUT2D eigenvalue weighted by Crippen LogP contribution is -2.08. The molecule has 0 atom stereocenters. The second-order valence-electron chi connectivity index (χ2n) is 5.76. The fourth-order valence-corrected chi connectivity index (χ4v) is 2.71. The van der Waals surface area contributed by atoms with Crippen LogP contribution in [0.15, 0.2) is 48.4 Å². The maximum Gasteiger partial charge on any atom is 0.224 e. The number of nitrogens with zero attached hydrogens (tertiary/aromatic N) is 3. The number of anilines is 2. The summed E-state index contributed by atoms with van der Waals surface area (Å²) in [6.45, 7) is 1.62. The highest BCUT2D eigenvalue weighted by Gasteiger charge is 2.04. The molecule has 3 rings (SSSR count). The summed E-state index contributed by atoms with van der Waals surface area (Å²) < 4.78 is 0. The van der Waals surface area contributed by atoms with E-state index in [-0.39, 0.29) is 0 Å². The van der Waals surface area contributed by atoms with Crippen molar-refractivity contribution >= 4 is 11.8 Å². The molecule has 2 heterocycles. The summed E-state index contributed by atoms with van der Waals surface area (Å²) in [6.07, 6.45) is 14.0. The van der Waals surface area contributed by atoms with Crippen LogP contribution in [0.3, 0.4) is 0 Å². The van der Waals surface area contributed by atoms with E-state index in [1.807, 2.05) is 18.2 Å². The first-order chi connectivity index (χ1) is 11.4. The summed E-state index contributed by atoms with van der Waals surface area (Å²) >= 11 is 0. The molecule has 0 bridgehead atoms. The summed E-state index contributed by atoms with van der Waals surface area (Å²) in [4.78, 5) is 12.8. The van der Waals surface area contributed by atoms with E-state index in [9.17, 15) is 0 Å². The van der Waals surface area contributed by atoms with E-state index < -0.39 is 0 Å². The third kappa shape index (κ3) is 5.06. The molecule has 0 radical (unpaired) electrons. The Morgan fingerprint density at radius 1 is 1.00 bits per heavy atom. The first kappa shape index (κ1) is 15.5. The van der Waals surface area contributed by atoms with Gasteiger partial charge in [-0.3, -0.25) is 4.98 Å². The molecule has 0 fully saturated rings. The highest BCUT2D eigenvalue weighted by Crippen LogP contribution is 2.20. The first-order valence-corrected chi connectivity index (χ1v) is 8.28. The van der Waals surface area contributed by atoms with Gasteiger partial charge < -0.3 is 10.6 Å². The van der Waals surface area contributed by atoms with Crippen molar-refractivity contribution in [2.24, 2.45) is 0 Å². The maximum absolute atomic E-state index is 4.50. The van der Waals surface area contributed by atoms with Gasteiger partial charge in [0.25, 0.3) is 0 Å². The Kier molecular flexibility index (Phi) is 5.56. The Bertz CT molecular complexity index is 639. The number of hydrogen-bond acceptors (Lipinski definition) is 5. The van der Waals surface area contributed by atoms with Crippen LogP contribution in [0.25, 0.3) is 0 Å². The van der Waals surface area contributed by atoms with E-state index in [0.717, 1.165) is 24.3 Å². The fraction of sp³-hybridized carbons (Fsp3) is 0.389. The van der Waals surface area contributed by atoms with Crippen LogP contribution in [-0.4, -0.2) is 21.5 Å². The highest BCUT2D eigenvalue weighted by atomic mass is 15.1. The van der Waals surface area contributed by atoms with Gasteiger partial charge >= 0.3 is 0 Å². The zero-order valence-electron chi connectivity index (χ0n) is 13.3. The standard InChI is InChI=1S/C18H23N5/c1-2-4-15(5-3-1)8-12-20-17-9-13-21-18(23-17)22-14-16-6-10-19-11-7-16/h4,6-7,9-11,13H,1-3,5,8,12,14H2,(H2,20,21,22,23). The van der Waals surface area contributed by atoms with Gasteiger partial charge in [0.05, 0.1) is 0 Å². The largest absolute Gasteiger partial charge is 0.370 e. The van der Waals surface area contributed by atoms with Crippen molar-refractivity contribution in [1.29, 1.82) is 0 Å². The molecule has 5 nitrogen and oxygen atoms in total. The second kappa shape index (κ2) is 8.27. The quantitative estimate of drug-likeness (QED) is 0.762.